The van der Waals surface area contributed by atoms with Crippen LogP contribution in [-0.2, 0) is 14.0 Å². The Bertz CT molecular complexity index is 718. The predicted molar refractivity (Wildman–Crippen MR) is 96.1 cm³/mol. The summed E-state index contributed by atoms with van der Waals surface area (Å²) in [5, 5.41) is 3.61. The van der Waals surface area contributed by atoms with Crippen molar-refractivity contribution in [1.82, 2.24) is 0 Å². The molecule has 0 saturated carbocycles. The van der Waals surface area contributed by atoms with Crippen LogP contribution in [-0.4, -0.2) is 29.9 Å². The van der Waals surface area contributed by atoms with Gasteiger partial charge in [-0.15, -0.1) is 0 Å². The van der Waals surface area contributed by atoms with Crippen LogP contribution in [0.1, 0.15) is 58.8 Å². The fraction of sp³-hybridized carbons (Fsp3) is 0.588. The van der Waals surface area contributed by atoms with E-state index >= 15 is 0 Å². The summed E-state index contributed by atoms with van der Waals surface area (Å²) in [6.45, 7) is 13.1. The van der Waals surface area contributed by atoms with E-state index in [0.717, 1.165) is 0 Å². The topological polar surface area (TPSA) is 93.5 Å². The second-order valence-electron chi connectivity index (χ2n) is 8.09. The van der Waals surface area contributed by atoms with E-state index in [-0.39, 0.29) is 5.56 Å². The van der Waals surface area contributed by atoms with Crippen LogP contribution < -0.4 is 5.46 Å². The molecule has 0 aliphatic carbocycles. The average molecular weight is 345 g/mol. The van der Waals surface area contributed by atoms with Crippen molar-refractivity contribution in [1.29, 1.82) is 0 Å². The summed E-state index contributed by atoms with van der Waals surface area (Å²) in [7, 11) is -0.667. The van der Waals surface area contributed by atoms with E-state index < -0.39 is 29.9 Å². The van der Waals surface area contributed by atoms with Crippen LogP contribution in [0.15, 0.2) is 23.3 Å². The van der Waals surface area contributed by atoms with E-state index in [1.807, 2.05) is 27.7 Å². The van der Waals surface area contributed by atoms with E-state index in [0.29, 0.717) is 11.2 Å². The molecule has 134 valence electrons. The van der Waals surface area contributed by atoms with Gasteiger partial charge in [-0.25, -0.2) is 4.79 Å². The zero-order valence-electron chi connectivity index (χ0n) is 15.8. The number of hydrogen-bond donors (Lipinski definition) is 0. The number of ether oxygens (including phenoxy) is 1. The van der Waals surface area contributed by atoms with Gasteiger partial charge in [-0.05, 0) is 71.6 Å². The van der Waals surface area contributed by atoms with Gasteiger partial charge >= 0.3 is 13.1 Å². The summed E-state index contributed by atoms with van der Waals surface area (Å²) < 4.78 is 17.4. The highest BCUT2D eigenvalue weighted by molar-refractivity contribution is 6.62. The number of esters is 1. The molecule has 0 amide bonds. The lowest BCUT2D eigenvalue weighted by Gasteiger charge is -2.32. The largest absolute Gasteiger partial charge is 0.494 e. The highest BCUT2D eigenvalue weighted by Crippen LogP contribution is 2.36. The van der Waals surface area contributed by atoms with Crippen LogP contribution in [0.4, 0.5) is 5.69 Å². The lowest BCUT2D eigenvalue weighted by molar-refractivity contribution is 0.00578. The lowest BCUT2D eigenvalue weighted by Crippen LogP contribution is -2.41. The highest BCUT2D eigenvalue weighted by atomic mass is 16.7. The molecule has 1 fully saturated rings. The van der Waals surface area contributed by atoms with Crippen molar-refractivity contribution in [3.8, 4) is 0 Å². The third-order valence-corrected chi connectivity index (χ3v) is 4.26. The third kappa shape index (κ3) is 4.34. The number of carbonyl (C=O) groups excluding carboxylic acids is 1. The normalized spacial score (nSPS) is 18.6. The first-order chi connectivity index (χ1) is 11.3. The Morgan fingerprint density at radius 1 is 1.16 bits per heavy atom. The molecule has 0 bridgehead atoms. The Morgan fingerprint density at radius 3 is 2.20 bits per heavy atom. The van der Waals surface area contributed by atoms with E-state index in [9.17, 15) is 4.79 Å². The standard InChI is InChI=1S/C17H24BN3O4/c1-15(2,3)23-14(22)11-8-12(10-13(9-11)20-21-19)18-24-16(4,5)17(6,7)25-18/h8-10H,1-7H3. The minimum atomic E-state index is -0.667. The molecule has 1 aromatic carbocycles. The lowest BCUT2D eigenvalue weighted by atomic mass is 9.78. The Balaban J connectivity index is 2.42. The van der Waals surface area contributed by atoms with Gasteiger partial charge in [-0.2, -0.15) is 0 Å². The van der Waals surface area contributed by atoms with Gasteiger partial charge in [0, 0.05) is 10.6 Å². The molecule has 1 aliphatic heterocycles. The summed E-state index contributed by atoms with van der Waals surface area (Å²) in [5.41, 5.74) is 8.26. The molecule has 7 nitrogen and oxygen atoms in total. The molecule has 0 spiro atoms. The predicted octanol–water partition coefficient (Wildman–Crippen LogP) is 3.88. The molecule has 1 aliphatic rings. The summed E-state index contributed by atoms with van der Waals surface area (Å²) in [4.78, 5) is 15.2. The molecule has 0 aromatic heterocycles. The van der Waals surface area contributed by atoms with Crippen molar-refractivity contribution in [2.45, 2.75) is 65.3 Å². The fourth-order valence-electron chi connectivity index (χ4n) is 2.31. The molecule has 1 saturated heterocycles. The molecule has 1 heterocycles. The smallest absolute Gasteiger partial charge is 0.456 e. The van der Waals surface area contributed by atoms with Crippen LogP contribution in [0.25, 0.3) is 10.4 Å². The summed E-state index contributed by atoms with van der Waals surface area (Å²) in [6.07, 6.45) is 0. The molecule has 0 radical (unpaired) electrons. The molecular formula is C17H24BN3O4. The van der Waals surface area contributed by atoms with Gasteiger partial charge in [0.05, 0.1) is 16.8 Å². The van der Waals surface area contributed by atoms with E-state index in [1.165, 1.54) is 6.07 Å². The number of benzene rings is 1. The number of nitrogens with zero attached hydrogens (tertiary/aromatic N) is 3. The molecular weight excluding hydrogens is 321 g/mol. The number of carbonyl (C=O) groups is 1. The second-order valence-corrected chi connectivity index (χ2v) is 8.09. The van der Waals surface area contributed by atoms with Gasteiger partial charge in [-0.1, -0.05) is 11.2 Å². The van der Waals surface area contributed by atoms with Gasteiger partial charge in [0.2, 0.25) is 0 Å². The Kier molecular flexibility index (Phi) is 4.92. The first-order valence-corrected chi connectivity index (χ1v) is 8.14. The van der Waals surface area contributed by atoms with Crippen molar-refractivity contribution < 1.29 is 18.8 Å². The van der Waals surface area contributed by atoms with Crippen LogP contribution in [0.5, 0.6) is 0 Å². The van der Waals surface area contributed by atoms with E-state index in [1.54, 1.807) is 32.9 Å². The monoisotopic (exact) mass is 345 g/mol. The maximum absolute atomic E-state index is 12.4. The number of azide groups is 1. The molecule has 0 atom stereocenters. The van der Waals surface area contributed by atoms with Crippen LogP contribution in [0, 0.1) is 0 Å². The first kappa shape index (κ1) is 19.3. The summed E-state index contributed by atoms with van der Waals surface area (Å²) >= 11 is 0. The van der Waals surface area contributed by atoms with Gasteiger partial charge in [-0.3, -0.25) is 0 Å². The zero-order chi connectivity index (χ0) is 19.0. The molecule has 8 heteroatoms. The Morgan fingerprint density at radius 2 is 1.72 bits per heavy atom. The maximum atomic E-state index is 12.4. The highest BCUT2D eigenvalue weighted by Gasteiger charge is 2.51. The van der Waals surface area contributed by atoms with Crippen LogP contribution >= 0.6 is 0 Å². The maximum Gasteiger partial charge on any atom is 0.494 e. The number of hydrogen-bond acceptors (Lipinski definition) is 5. The third-order valence-electron chi connectivity index (χ3n) is 4.26. The van der Waals surface area contributed by atoms with Crippen molar-refractivity contribution >= 4 is 24.2 Å². The molecule has 2 rings (SSSR count). The van der Waals surface area contributed by atoms with E-state index in [4.69, 9.17) is 19.6 Å². The molecule has 1 aromatic rings. The van der Waals surface area contributed by atoms with Gasteiger partial charge in [0.15, 0.2) is 0 Å². The Hall–Kier alpha value is -2.02. The Labute approximate surface area is 148 Å². The molecule has 0 N–H and O–H groups in total. The molecule has 25 heavy (non-hydrogen) atoms. The van der Waals surface area contributed by atoms with E-state index in [2.05, 4.69) is 10.0 Å². The second kappa shape index (κ2) is 6.37. The van der Waals surface area contributed by atoms with Gasteiger partial charge in [0.25, 0.3) is 0 Å². The zero-order valence-corrected chi connectivity index (χ0v) is 15.8. The van der Waals surface area contributed by atoms with Crippen LogP contribution in [0.3, 0.4) is 0 Å². The number of rotatable bonds is 3. The van der Waals surface area contributed by atoms with Gasteiger partial charge < -0.3 is 14.0 Å². The summed E-state index contributed by atoms with van der Waals surface area (Å²) in [5.74, 6) is -0.500. The fourth-order valence-corrected chi connectivity index (χ4v) is 2.31. The van der Waals surface area contributed by atoms with Gasteiger partial charge in [0.1, 0.15) is 5.60 Å². The van der Waals surface area contributed by atoms with Crippen LogP contribution in [0.2, 0.25) is 0 Å². The molecule has 0 unspecified atom stereocenters. The quantitative estimate of drug-likeness (QED) is 0.273. The van der Waals surface area contributed by atoms with Crippen molar-refractivity contribution in [2.24, 2.45) is 5.11 Å². The summed E-state index contributed by atoms with van der Waals surface area (Å²) in [6, 6.07) is 4.78. The van der Waals surface area contributed by atoms with Crippen molar-refractivity contribution in [3.63, 3.8) is 0 Å². The minimum Gasteiger partial charge on any atom is -0.456 e. The van der Waals surface area contributed by atoms with Crippen molar-refractivity contribution in [3.05, 3.63) is 34.2 Å². The van der Waals surface area contributed by atoms with Crippen molar-refractivity contribution in [2.75, 3.05) is 0 Å². The first-order valence-electron chi connectivity index (χ1n) is 8.14. The average Bonchev–Trinajstić information content (AvgIpc) is 2.66. The minimum absolute atomic E-state index is 0.282. The SMILES string of the molecule is CC(C)(C)OC(=O)c1cc(N=[N+]=[N-])cc(B2OC(C)(C)C(C)(C)O2)c1.